The second-order valence-corrected chi connectivity index (χ2v) is 5.43. The number of ether oxygens (including phenoxy) is 2. The summed E-state index contributed by atoms with van der Waals surface area (Å²) in [7, 11) is 3.27. The van der Waals surface area contributed by atoms with Gasteiger partial charge in [-0.2, -0.15) is 0 Å². The number of halogens is 1. The van der Waals surface area contributed by atoms with E-state index in [0.29, 0.717) is 17.5 Å². The molecule has 4 nitrogen and oxygen atoms in total. The van der Waals surface area contributed by atoms with Crippen molar-refractivity contribution in [3.8, 4) is 11.5 Å². The molecular formula is C16H21ClN2O2. The van der Waals surface area contributed by atoms with Crippen LogP contribution in [0.5, 0.6) is 11.5 Å². The summed E-state index contributed by atoms with van der Waals surface area (Å²) >= 11 is 5.77. The number of hydrogen-bond acceptors (Lipinski definition) is 4. The van der Waals surface area contributed by atoms with Crippen LogP contribution in [0, 0.1) is 5.92 Å². The van der Waals surface area contributed by atoms with Crippen LogP contribution in [-0.2, 0) is 0 Å². The van der Waals surface area contributed by atoms with E-state index < -0.39 is 0 Å². The number of anilines is 1. The van der Waals surface area contributed by atoms with E-state index in [1.807, 2.05) is 18.2 Å². The summed E-state index contributed by atoms with van der Waals surface area (Å²) < 4.78 is 10.7. The normalized spacial score (nSPS) is 12.2. The van der Waals surface area contributed by atoms with Crippen LogP contribution in [0.4, 0.5) is 5.82 Å². The molecule has 0 aliphatic carbocycles. The first kappa shape index (κ1) is 15.7. The molecule has 1 heterocycles. The lowest BCUT2D eigenvalue weighted by molar-refractivity contribution is 0.356. The minimum absolute atomic E-state index is 0.500. The van der Waals surface area contributed by atoms with Gasteiger partial charge in [0.25, 0.3) is 0 Å². The summed E-state index contributed by atoms with van der Waals surface area (Å²) in [5.74, 6) is 3.46. The zero-order valence-electron chi connectivity index (χ0n) is 12.6. The van der Waals surface area contributed by atoms with Gasteiger partial charge in [-0.25, -0.2) is 4.98 Å². The smallest absolute Gasteiger partial charge is 0.161 e. The molecule has 1 N–H and O–H groups in total. The number of hydrogen-bond donors (Lipinski definition) is 1. The molecule has 1 atom stereocenters. The van der Waals surface area contributed by atoms with E-state index in [9.17, 15) is 0 Å². The molecule has 0 radical (unpaired) electrons. The van der Waals surface area contributed by atoms with E-state index in [4.69, 9.17) is 21.1 Å². The Labute approximate surface area is 130 Å². The highest BCUT2D eigenvalue weighted by molar-refractivity contribution is 6.17. The van der Waals surface area contributed by atoms with Crippen LogP contribution >= 0.6 is 11.6 Å². The van der Waals surface area contributed by atoms with Crippen LogP contribution in [0.15, 0.2) is 24.4 Å². The predicted molar refractivity (Wildman–Crippen MR) is 87.8 cm³/mol. The molecule has 1 unspecified atom stereocenters. The number of aromatic nitrogens is 1. The van der Waals surface area contributed by atoms with Gasteiger partial charge in [0.05, 0.1) is 14.2 Å². The van der Waals surface area contributed by atoms with Crippen molar-refractivity contribution in [3.05, 3.63) is 24.4 Å². The standard InChI is InChI=1S/C16H21ClN2O2/c1-11(4-6-17)10-19-16-13-9-15(21-3)14(20-2)8-12(13)5-7-18-16/h5,7-9,11H,4,6,10H2,1-3H3,(H,18,19). The van der Waals surface area contributed by atoms with Gasteiger partial charge in [-0.05, 0) is 35.9 Å². The predicted octanol–water partition coefficient (Wildman–Crippen LogP) is 3.93. The first-order valence-corrected chi connectivity index (χ1v) is 7.53. The van der Waals surface area contributed by atoms with Gasteiger partial charge in [-0.1, -0.05) is 6.92 Å². The van der Waals surface area contributed by atoms with Crippen LogP contribution in [0.25, 0.3) is 10.8 Å². The summed E-state index contributed by atoms with van der Waals surface area (Å²) in [5.41, 5.74) is 0. The Morgan fingerprint density at radius 3 is 2.62 bits per heavy atom. The van der Waals surface area contributed by atoms with Gasteiger partial charge >= 0.3 is 0 Å². The summed E-state index contributed by atoms with van der Waals surface area (Å²) in [6.07, 6.45) is 2.78. The Kier molecular flexibility index (Phi) is 5.51. The van der Waals surface area contributed by atoms with E-state index in [-0.39, 0.29) is 0 Å². The number of alkyl halides is 1. The third-order valence-electron chi connectivity index (χ3n) is 3.49. The van der Waals surface area contributed by atoms with Gasteiger partial charge < -0.3 is 14.8 Å². The number of pyridine rings is 1. The number of rotatable bonds is 7. The Morgan fingerprint density at radius 1 is 1.24 bits per heavy atom. The van der Waals surface area contributed by atoms with Crippen molar-refractivity contribution in [2.45, 2.75) is 13.3 Å². The number of methoxy groups -OCH3 is 2. The topological polar surface area (TPSA) is 43.4 Å². The number of nitrogens with one attached hydrogen (secondary N) is 1. The van der Waals surface area contributed by atoms with Gasteiger partial charge in [0.1, 0.15) is 5.82 Å². The highest BCUT2D eigenvalue weighted by Crippen LogP contribution is 2.34. The van der Waals surface area contributed by atoms with Gasteiger partial charge in [0.2, 0.25) is 0 Å². The Balaban J connectivity index is 2.31. The number of benzene rings is 1. The lowest BCUT2D eigenvalue weighted by atomic mass is 10.1. The van der Waals surface area contributed by atoms with E-state index in [1.165, 1.54) is 0 Å². The SMILES string of the molecule is COc1cc2ccnc(NCC(C)CCCl)c2cc1OC. The first-order chi connectivity index (χ1) is 10.2. The van der Waals surface area contributed by atoms with E-state index in [2.05, 4.69) is 17.2 Å². The highest BCUT2D eigenvalue weighted by atomic mass is 35.5. The molecule has 2 rings (SSSR count). The molecule has 114 valence electrons. The lowest BCUT2D eigenvalue weighted by Gasteiger charge is -2.15. The van der Waals surface area contributed by atoms with E-state index in [1.54, 1.807) is 20.4 Å². The largest absolute Gasteiger partial charge is 0.493 e. The fourth-order valence-corrected chi connectivity index (χ4v) is 2.57. The molecule has 21 heavy (non-hydrogen) atoms. The Morgan fingerprint density at radius 2 is 1.95 bits per heavy atom. The molecule has 0 aliphatic rings. The number of nitrogens with zero attached hydrogens (tertiary/aromatic N) is 1. The molecule has 1 aromatic heterocycles. The second kappa shape index (κ2) is 7.36. The zero-order chi connectivity index (χ0) is 15.2. The maximum Gasteiger partial charge on any atom is 0.161 e. The van der Waals surface area contributed by atoms with Crippen LogP contribution in [-0.4, -0.2) is 31.6 Å². The maximum atomic E-state index is 5.77. The average Bonchev–Trinajstić information content (AvgIpc) is 2.51. The maximum absolute atomic E-state index is 5.77. The summed E-state index contributed by atoms with van der Waals surface area (Å²) in [6, 6.07) is 5.88. The Hall–Kier alpha value is -1.68. The van der Waals surface area contributed by atoms with Crippen molar-refractivity contribution in [1.29, 1.82) is 0 Å². The summed E-state index contributed by atoms with van der Waals surface area (Å²) in [6.45, 7) is 3.01. The van der Waals surface area contributed by atoms with Gasteiger partial charge in [0.15, 0.2) is 11.5 Å². The van der Waals surface area contributed by atoms with Crippen LogP contribution in [0.3, 0.4) is 0 Å². The fourth-order valence-electron chi connectivity index (χ4n) is 2.20. The molecule has 0 aliphatic heterocycles. The molecule has 0 saturated carbocycles. The van der Waals surface area contributed by atoms with Gasteiger partial charge in [-0.15, -0.1) is 11.6 Å². The summed E-state index contributed by atoms with van der Waals surface area (Å²) in [4.78, 5) is 4.43. The first-order valence-electron chi connectivity index (χ1n) is 7.00. The minimum atomic E-state index is 0.500. The molecule has 0 saturated heterocycles. The fraction of sp³-hybridized carbons (Fsp3) is 0.438. The van der Waals surface area contributed by atoms with Crippen molar-refractivity contribution in [2.75, 3.05) is 32.0 Å². The van der Waals surface area contributed by atoms with E-state index in [0.717, 1.165) is 35.3 Å². The van der Waals surface area contributed by atoms with Gasteiger partial charge in [-0.3, -0.25) is 0 Å². The van der Waals surface area contributed by atoms with Crippen molar-refractivity contribution in [1.82, 2.24) is 4.98 Å². The number of fused-ring (bicyclic) bond motifs is 1. The highest BCUT2D eigenvalue weighted by Gasteiger charge is 2.10. The molecule has 2 aromatic rings. The minimum Gasteiger partial charge on any atom is -0.493 e. The molecule has 0 fully saturated rings. The molecular weight excluding hydrogens is 288 g/mol. The molecule has 0 amide bonds. The zero-order valence-corrected chi connectivity index (χ0v) is 13.4. The quantitative estimate of drug-likeness (QED) is 0.787. The Bertz CT molecular complexity index is 604. The lowest BCUT2D eigenvalue weighted by Crippen LogP contribution is -2.12. The third-order valence-corrected chi connectivity index (χ3v) is 3.71. The second-order valence-electron chi connectivity index (χ2n) is 5.05. The molecule has 0 bridgehead atoms. The van der Waals surface area contributed by atoms with Crippen LogP contribution < -0.4 is 14.8 Å². The molecule has 1 aromatic carbocycles. The monoisotopic (exact) mass is 308 g/mol. The third kappa shape index (κ3) is 3.70. The van der Waals surface area contributed by atoms with Crippen LogP contribution in [0.2, 0.25) is 0 Å². The van der Waals surface area contributed by atoms with Crippen molar-refractivity contribution in [2.24, 2.45) is 5.92 Å². The van der Waals surface area contributed by atoms with Crippen molar-refractivity contribution < 1.29 is 9.47 Å². The van der Waals surface area contributed by atoms with E-state index >= 15 is 0 Å². The van der Waals surface area contributed by atoms with Gasteiger partial charge in [0, 0.05) is 24.0 Å². The average molecular weight is 309 g/mol. The molecule has 0 spiro atoms. The van der Waals surface area contributed by atoms with Crippen molar-refractivity contribution >= 4 is 28.2 Å². The van der Waals surface area contributed by atoms with Crippen molar-refractivity contribution in [3.63, 3.8) is 0 Å². The molecule has 5 heteroatoms. The summed E-state index contributed by atoms with van der Waals surface area (Å²) in [5, 5.41) is 5.48. The van der Waals surface area contributed by atoms with Crippen LogP contribution in [0.1, 0.15) is 13.3 Å².